The first kappa shape index (κ1) is 20.8. The van der Waals surface area contributed by atoms with Crippen LogP contribution in [-0.2, 0) is 11.4 Å². The molecule has 0 bridgehead atoms. The van der Waals surface area contributed by atoms with Crippen LogP contribution >= 0.6 is 0 Å². The SMILES string of the molecule is C[C@@H](NC(=O)/C(C#N)=C\c1ccccc1OCc1ccc(F)cc1)c1ccccc1. The zero-order chi connectivity index (χ0) is 21.3. The molecule has 0 heterocycles. The summed E-state index contributed by atoms with van der Waals surface area (Å²) >= 11 is 0. The first-order valence-corrected chi connectivity index (χ1v) is 9.50. The smallest absolute Gasteiger partial charge is 0.262 e. The Kier molecular flexibility index (Phi) is 6.96. The van der Waals surface area contributed by atoms with E-state index in [9.17, 15) is 14.4 Å². The molecule has 30 heavy (non-hydrogen) atoms. The fourth-order valence-corrected chi connectivity index (χ4v) is 2.88. The summed E-state index contributed by atoms with van der Waals surface area (Å²) in [6.45, 7) is 2.10. The van der Waals surface area contributed by atoms with E-state index in [1.54, 1.807) is 36.4 Å². The molecule has 1 atom stereocenters. The number of hydrogen-bond acceptors (Lipinski definition) is 3. The van der Waals surface area contributed by atoms with Crippen molar-refractivity contribution in [3.8, 4) is 11.8 Å². The molecule has 0 saturated heterocycles. The van der Waals surface area contributed by atoms with E-state index < -0.39 is 5.91 Å². The second-order valence-corrected chi connectivity index (χ2v) is 6.73. The summed E-state index contributed by atoms with van der Waals surface area (Å²) in [6.07, 6.45) is 1.51. The number of rotatable bonds is 7. The monoisotopic (exact) mass is 400 g/mol. The summed E-state index contributed by atoms with van der Waals surface area (Å²) in [4.78, 5) is 12.6. The molecule has 3 aromatic rings. The van der Waals surface area contributed by atoms with Gasteiger partial charge in [0.15, 0.2) is 0 Å². The van der Waals surface area contributed by atoms with Crippen LogP contribution in [0, 0.1) is 17.1 Å². The highest BCUT2D eigenvalue weighted by molar-refractivity contribution is 6.02. The first-order valence-electron chi connectivity index (χ1n) is 9.50. The summed E-state index contributed by atoms with van der Waals surface area (Å²) in [6, 6.07) is 24.4. The quantitative estimate of drug-likeness (QED) is 0.439. The number of amides is 1. The Morgan fingerprint density at radius 1 is 1.07 bits per heavy atom. The molecule has 5 heteroatoms. The number of benzene rings is 3. The summed E-state index contributed by atoms with van der Waals surface area (Å²) in [5.74, 6) is -0.239. The van der Waals surface area contributed by atoms with Gasteiger partial charge in [0.1, 0.15) is 29.8 Å². The van der Waals surface area contributed by atoms with Gasteiger partial charge in [-0.1, -0.05) is 60.7 Å². The third-order valence-corrected chi connectivity index (χ3v) is 4.54. The van der Waals surface area contributed by atoms with Crippen LogP contribution in [0.2, 0.25) is 0 Å². The predicted octanol–water partition coefficient (Wildman–Crippen LogP) is 5.19. The van der Waals surface area contributed by atoms with Crippen LogP contribution in [0.3, 0.4) is 0 Å². The summed E-state index contributed by atoms with van der Waals surface area (Å²) in [7, 11) is 0. The lowest BCUT2D eigenvalue weighted by Crippen LogP contribution is -2.27. The van der Waals surface area contributed by atoms with E-state index in [0.29, 0.717) is 11.3 Å². The topological polar surface area (TPSA) is 62.1 Å². The first-order chi connectivity index (χ1) is 14.6. The molecule has 0 aliphatic heterocycles. The zero-order valence-corrected chi connectivity index (χ0v) is 16.5. The van der Waals surface area contributed by atoms with Crippen LogP contribution in [0.4, 0.5) is 4.39 Å². The Bertz CT molecular complexity index is 1070. The maximum atomic E-state index is 13.1. The lowest BCUT2D eigenvalue weighted by Gasteiger charge is -2.14. The van der Waals surface area contributed by atoms with E-state index in [0.717, 1.165) is 11.1 Å². The Morgan fingerprint density at radius 2 is 1.73 bits per heavy atom. The third-order valence-electron chi connectivity index (χ3n) is 4.54. The van der Waals surface area contributed by atoms with Crippen molar-refractivity contribution in [2.45, 2.75) is 19.6 Å². The van der Waals surface area contributed by atoms with Crippen molar-refractivity contribution in [2.24, 2.45) is 0 Å². The number of hydrogen-bond donors (Lipinski definition) is 1. The second kappa shape index (κ2) is 10.0. The van der Waals surface area contributed by atoms with Crippen molar-refractivity contribution in [3.63, 3.8) is 0 Å². The molecule has 0 aliphatic carbocycles. The minimum atomic E-state index is -0.456. The molecule has 4 nitrogen and oxygen atoms in total. The molecule has 0 aromatic heterocycles. The van der Waals surface area contributed by atoms with E-state index in [-0.39, 0.29) is 24.0 Å². The molecule has 0 fully saturated rings. The number of nitrogens with zero attached hydrogens (tertiary/aromatic N) is 1. The van der Waals surface area contributed by atoms with Crippen LogP contribution in [0.5, 0.6) is 5.75 Å². The fraction of sp³-hybridized carbons (Fsp3) is 0.120. The molecule has 0 spiro atoms. The Hall–Kier alpha value is -3.91. The van der Waals surface area contributed by atoms with Crippen LogP contribution < -0.4 is 10.1 Å². The summed E-state index contributed by atoms with van der Waals surface area (Å²) in [5, 5.41) is 12.4. The van der Waals surface area contributed by atoms with Gasteiger partial charge in [-0.15, -0.1) is 0 Å². The standard InChI is InChI=1S/C25H21FN2O2/c1-18(20-7-3-2-4-8-20)28-25(29)22(16-27)15-21-9-5-6-10-24(21)30-17-19-11-13-23(26)14-12-19/h2-15,18H,17H2,1H3,(H,28,29)/b22-15-/t18-/m1/s1. The van der Waals surface area contributed by atoms with Crippen LogP contribution in [-0.4, -0.2) is 5.91 Å². The molecule has 0 unspecified atom stereocenters. The summed E-state index contributed by atoms with van der Waals surface area (Å²) in [5.41, 5.74) is 2.35. The van der Waals surface area contributed by atoms with E-state index in [4.69, 9.17) is 4.74 Å². The van der Waals surface area contributed by atoms with E-state index in [1.807, 2.05) is 43.3 Å². The number of carbonyl (C=O) groups excluding carboxylic acids is 1. The van der Waals surface area contributed by atoms with Gasteiger partial charge in [0.25, 0.3) is 5.91 Å². The maximum Gasteiger partial charge on any atom is 0.262 e. The molecule has 0 radical (unpaired) electrons. The number of halogens is 1. The van der Waals surface area contributed by atoms with Crippen LogP contribution in [0.15, 0.2) is 84.4 Å². The van der Waals surface area contributed by atoms with E-state index in [2.05, 4.69) is 5.32 Å². The van der Waals surface area contributed by atoms with E-state index in [1.165, 1.54) is 18.2 Å². The number of ether oxygens (including phenoxy) is 1. The summed E-state index contributed by atoms with van der Waals surface area (Å²) < 4.78 is 18.9. The van der Waals surface area contributed by atoms with Crippen molar-refractivity contribution in [2.75, 3.05) is 0 Å². The normalized spacial score (nSPS) is 12.0. The highest BCUT2D eigenvalue weighted by Gasteiger charge is 2.14. The molecule has 1 N–H and O–H groups in total. The molecule has 150 valence electrons. The van der Waals surface area contributed by atoms with Gasteiger partial charge < -0.3 is 10.1 Å². The Balaban J connectivity index is 1.74. The molecule has 1 amide bonds. The van der Waals surface area contributed by atoms with Gasteiger partial charge in [0.2, 0.25) is 0 Å². The van der Waals surface area contributed by atoms with Crippen molar-refractivity contribution >= 4 is 12.0 Å². The number of nitriles is 1. The lowest BCUT2D eigenvalue weighted by molar-refractivity contribution is -0.117. The minimum absolute atomic E-state index is 0.0180. The predicted molar refractivity (Wildman–Crippen MR) is 114 cm³/mol. The Morgan fingerprint density at radius 3 is 2.43 bits per heavy atom. The zero-order valence-electron chi connectivity index (χ0n) is 16.5. The third kappa shape index (κ3) is 5.55. The largest absolute Gasteiger partial charge is 0.488 e. The van der Waals surface area contributed by atoms with Crippen LogP contribution in [0.1, 0.15) is 29.7 Å². The molecule has 0 saturated carbocycles. The van der Waals surface area contributed by atoms with Crippen LogP contribution in [0.25, 0.3) is 6.08 Å². The van der Waals surface area contributed by atoms with Gasteiger partial charge in [-0.05, 0) is 42.3 Å². The highest BCUT2D eigenvalue weighted by Crippen LogP contribution is 2.23. The average Bonchev–Trinajstić information content (AvgIpc) is 2.78. The number of para-hydroxylation sites is 1. The lowest BCUT2D eigenvalue weighted by atomic mass is 10.1. The van der Waals surface area contributed by atoms with Crippen molar-refractivity contribution in [1.29, 1.82) is 5.26 Å². The van der Waals surface area contributed by atoms with Gasteiger partial charge in [-0.25, -0.2) is 4.39 Å². The molecule has 0 aliphatic rings. The van der Waals surface area contributed by atoms with Gasteiger partial charge in [0.05, 0.1) is 6.04 Å². The fourth-order valence-electron chi connectivity index (χ4n) is 2.88. The number of carbonyl (C=O) groups is 1. The van der Waals surface area contributed by atoms with Gasteiger partial charge in [0, 0.05) is 5.56 Å². The average molecular weight is 400 g/mol. The van der Waals surface area contributed by atoms with Crippen molar-refractivity contribution in [1.82, 2.24) is 5.32 Å². The Labute approximate surface area is 175 Å². The molecule has 3 aromatic carbocycles. The van der Waals surface area contributed by atoms with Gasteiger partial charge in [-0.3, -0.25) is 4.79 Å². The maximum absolute atomic E-state index is 13.1. The molecular weight excluding hydrogens is 379 g/mol. The van der Waals surface area contributed by atoms with E-state index >= 15 is 0 Å². The van der Waals surface area contributed by atoms with Gasteiger partial charge in [-0.2, -0.15) is 5.26 Å². The van der Waals surface area contributed by atoms with Crippen molar-refractivity contribution < 1.29 is 13.9 Å². The minimum Gasteiger partial charge on any atom is -0.488 e. The number of nitrogens with one attached hydrogen (secondary N) is 1. The van der Waals surface area contributed by atoms with Crippen molar-refractivity contribution in [3.05, 3.63) is 107 Å². The van der Waals surface area contributed by atoms with Gasteiger partial charge >= 0.3 is 0 Å². The highest BCUT2D eigenvalue weighted by atomic mass is 19.1. The molecular formula is C25H21FN2O2. The molecule has 3 rings (SSSR count). The second-order valence-electron chi connectivity index (χ2n) is 6.73.